The summed E-state index contributed by atoms with van der Waals surface area (Å²) in [7, 11) is 0. The molecule has 1 aliphatic rings. The van der Waals surface area contributed by atoms with Gasteiger partial charge in [-0.3, -0.25) is 15.0 Å². The summed E-state index contributed by atoms with van der Waals surface area (Å²) in [6.07, 6.45) is 0. The Balaban J connectivity index is 1.61. The predicted octanol–water partition coefficient (Wildman–Crippen LogP) is 3.13. The van der Waals surface area contributed by atoms with Crippen LogP contribution in [0.5, 0.6) is 0 Å². The molecule has 1 fully saturated rings. The van der Waals surface area contributed by atoms with E-state index in [1.807, 2.05) is 20.8 Å². The Hall–Kier alpha value is -2.97. The number of urea groups is 1. The Morgan fingerprint density at radius 1 is 1.22 bits per heavy atom. The molecule has 27 heavy (non-hydrogen) atoms. The SMILES string of the molecule is CC(C)(C)c1cc(NC(=O)CN2CCN(c3ccc(F)c(F)c3)C2=O)on1. The van der Waals surface area contributed by atoms with Gasteiger partial charge in [0, 0.05) is 36.3 Å². The van der Waals surface area contributed by atoms with Crippen molar-refractivity contribution in [2.24, 2.45) is 0 Å². The molecule has 0 bridgehead atoms. The fourth-order valence-corrected chi connectivity index (χ4v) is 2.66. The molecule has 1 aromatic carbocycles. The van der Waals surface area contributed by atoms with Gasteiger partial charge in [-0.1, -0.05) is 25.9 Å². The fraction of sp³-hybridized carbons (Fsp3) is 0.389. The van der Waals surface area contributed by atoms with E-state index >= 15 is 0 Å². The molecule has 0 saturated carbocycles. The van der Waals surface area contributed by atoms with E-state index in [2.05, 4.69) is 10.5 Å². The zero-order valence-electron chi connectivity index (χ0n) is 15.3. The van der Waals surface area contributed by atoms with Gasteiger partial charge in [0.05, 0.1) is 5.69 Å². The van der Waals surface area contributed by atoms with Crippen molar-refractivity contribution >= 4 is 23.5 Å². The molecule has 3 amide bonds. The third-order valence-corrected chi connectivity index (χ3v) is 4.19. The summed E-state index contributed by atoms with van der Waals surface area (Å²) in [6, 6.07) is 4.42. The average Bonchev–Trinajstić information content (AvgIpc) is 3.18. The number of rotatable bonds is 4. The van der Waals surface area contributed by atoms with Crippen LogP contribution in [0.3, 0.4) is 0 Å². The van der Waals surface area contributed by atoms with Gasteiger partial charge in [-0.25, -0.2) is 13.6 Å². The van der Waals surface area contributed by atoms with E-state index in [1.165, 1.54) is 15.9 Å². The van der Waals surface area contributed by atoms with Gasteiger partial charge in [0.1, 0.15) is 6.54 Å². The van der Waals surface area contributed by atoms with Crippen LogP contribution in [0, 0.1) is 11.6 Å². The Morgan fingerprint density at radius 2 is 1.96 bits per heavy atom. The van der Waals surface area contributed by atoms with Gasteiger partial charge in [0.2, 0.25) is 11.8 Å². The smallest absolute Gasteiger partial charge is 0.325 e. The minimum absolute atomic E-state index is 0.190. The standard InChI is InChI=1S/C18H20F2N4O3/c1-18(2,3)14-9-16(27-22-14)21-15(25)10-23-6-7-24(17(23)26)11-4-5-12(19)13(20)8-11/h4-5,8-9H,6-7,10H2,1-3H3,(H,21,25). The third kappa shape index (κ3) is 4.07. The van der Waals surface area contributed by atoms with E-state index in [0.717, 1.165) is 12.1 Å². The zero-order chi connectivity index (χ0) is 19.8. The van der Waals surface area contributed by atoms with Crippen LogP contribution in [0.1, 0.15) is 26.5 Å². The van der Waals surface area contributed by atoms with E-state index in [1.54, 1.807) is 6.07 Å². The summed E-state index contributed by atoms with van der Waals surface area (Å²) >= 11 is 0. The summed E-state index contributed by atoms with van der Waals surface area (Å²) in [5, 5.41) is 6.47. The predicted molar refractivity (Wildman–Crippen MR) is 94.5 cm³/mol. The first-order chi connectivity index (χ1) is 12.6. The molecule has 2 aromatic rings. The van der Waals surface area contributed by atoms with Crippen LogP contribution in [0.15, 0.2) is 28.8 Å². The number of nitrogens with zero attached hydrogens (tertiary/aromatic N) is 3. The number of amides is 3. The number of carbonyl (C=O) groups excluding carboxylic acids is 2. The van der Waals surface area contributed by atoms with Crippen molar-refractivity contribution in [2.75, 3.05) is 29.9 Å². The van der Waals surface area contributed by atoms with Gasteiger partial charge in [0.25, 0.3) is 0 Å². The molecule has 3 rings (SSSR count). The van der Waals surface area contributed by atoms with E-state index in [9.17, 15) is 18.4 Å². The normalized spacial score (nSPS) is 14.8. The maximum Gasteiger partial charge on any atom is 0.325 e. The highest BCUT2D eigenvalue weighted by molar-refractivity contribution is 5.98. The molecule has 2 heterocycles. The molecule has 0 aliphatic carbocycles. The van der Waals surface area contributed by atoms with Crippen molar-refractivity contribution in [1.29, 1.82) is 0 Å². The van der Waals surface area contributed by atoms with Crippen molar-refractivity contribution in [3.63, 3.8) is 0 Å². The number of halogens is 2. The van der Waals surface area contributed by atoms with Crippen LogP contribution in [-0.4, -0.2) is 41.6 Å². The largest absolute Gasteiger partial charge is 0.338 e. The highest BCUT2D eigenvalue weighted by Gasteiger charge is 2.31. The lowest BCUT2D eigenvalue weighted by Gasteiger charge is -2.18. The molecule has 0 radical (unpaired) electrons. The highest BCUT2D eigenvalue weighted by atomic mass is 19.2. The molecule has 0 atom stereocenters. The fourth-order valence-electron chi connectivity index (χ4n) is 2.66. The maximum atomic E-state index is 13.4. The third-order valence-electron chi connectivity index (χ3n) is 4.19. The minimum atomic E-state index is -1.03. The van der Waals surface area contributed by atoms with E-state index in [0.29, 0.717) is 5.69 Å². The first-order valence-electron chi connectivity index (χ1n) is 8.43. The van der Waals surface area contributed by atoms with Crippen LogP contribution in [-0.2, 0) is 10.2 Å². The summed E-state index contributed by atoms with van der Waals surface area (Å²) in [5.74, 6) is -2.25. The Kier molecular flexibility index (Phi) is 4.86. The minimum Gasteiger partial charge on any atom is -0.338 e. The summed E-state index contributed by atoms with van der Waals surface area (Å²) in [6.45, 7) is 6.26. The monoisotopic (exact) mass is 378 g/mol. The molecular weight excluding hydrogens is 358 g/mol. The molecule has 1 N–H and O–H groups in total. The second-order valence-electron chi connectivity index (χ2n) is 7.33. The van der Waals surface area contributed by atoms with E-state index in [-0.39, 0.29) is 36.6 Å². The van der Waals surface area contributed by atoms with Gasteiger partial charge in [-0.05, 0) is 12.1 Å². The highest BCUT2D eigenvalue weighted by Crippen LogP contribution is 2.24. The van der Waals surface area contributed by atoms with Gasteiger partial charge in [-0.2, -0.15) is 0 Å². The summed E-state index contributed by atoms with van der Waals surface area (Å²) in [4.78, 5) is 27.3. The van der Waals surface area contributed by atoms with Crippen molar-refractivity contribution in [3.8, 4) is 0 Å². The van der Waals surface area contributed by atoms with Crippen molar-refractivity contribution in [2.45, 2.75) is 26.2 Å². The Bertz CT molecular complexity index is 876. The number of nitrogens with one attached hydrogen (secondary N) is 1. The number of benzene rings is 1. The molecular formula is C18H20F2N4O3. The Morgan fingerprint density at radius 3 is 2.59 bits per heavy atom. The lowest BCUT2D eigenvalue weighted by atomic mass is 9.92. The van der Waals surface area contributed by atoms with Gasteiger partial charge >= 0.3 is 6.03 Å². The lowest BCUT2D eigenvalue weighted by molar-refractivity contribution is -0.116. The topological polar surface area (TPSA) is 78.7 Å². The second kappa shape index (κ2) is 6.98. The number of anilines is 2. The molecule has 9 heteroatoms. The van der Waals surface area contributed by atoms with E-state index in [4.69, 9.17) is 4.52 Å². The van der Waals surface area contributed by atoms with Crippen molar-refractivity contribution in [3.05, 3.63) is 41.6 Å². The van der Waals surface area contributed by atoms with Crippen molar-refractivity contribution in [1.82, 2.24) is 10.1 Å². The lowest BCUT2D eigenvalue weighted by Crippen LogP contribution is -2.37. The number of carbonyl (C=O) groups is 2. The van der Waals surface area contributed by atoms with E-state index < -0.39 is 23.6 Å². The zero-order valence-corrected chi connectivity index (χ0v) is 15.3. The van der Waals surface area contributed by atoms with Crippen LogP contribution in [0.2, 0.25) is 0 Å². The second-order valence-corrected chi connectivity index (χ2v) is 7.33. The average molecular weight is 378 g/mol. The number of hydrogen-bond acceptors (Lipinski definition) is 4. The molecule has 7 nitrogen and oxygen atoms in total. The first kappa shape index (κ1) is 18.8. The first-order valence-corrected chi connectivity index (χ1v) is 8.43. The molecule has 1 saturated heterocycles. The van der Waals surface area contributed by atoms with Crippen LogP contribution in [0.25, 0.3) is 0 Å². The number of aromatic nitrogens is 1. The van der Waals surface area contributed by atoms with Crippen molar-refractivity contribution < 1.29 is 22.9 Å². The maximum absolute atomic E-state index is 13.4. The Labute approximate surface area is 154 Å². The molecule has 144 valence electrons. The molecule has 1 aromatic heterocycles. The molecule has 1 aliphatic heterocycles. The molecule has 0 unspecified atom stereocenters. The van der Waals surface area contributed by atoms with Gasteiger partial charge in [0.15, 0.2) is 11.6 Å². The number of hydrogen-bond donors (Lipinski definition) is 1. The molecule has 0 spiro atoms. The van der Waals surface area contributed by atoms with Crippen LogP contribution >= 0.6 is 0 Å². The quantitative estimate of drug-likeness (QED) is 0.887. The van der Waals surface area contributed by atoms with Gasteiger partial charge < -0.3 is 9.42 Å². The van der Waals surface area contributed by atoms with Gasteiger partial charge in [-0.15, -0.1) is 0 Å². The van der Waals surface area contributed by atoms with Crippen LogP contribution < -0.4 is 10.2 Å². The summed E-state index contributed by atoms with van der Waals surface area (Å²) < 4.78 is 31.5. The van der Waals surface area contributed by atoms with Crippen LogP contribution in [0.4, 0.5) is 25.1 Å². The summed E-state index contributed by atoms with van der Waals surface area (Å²) in [5.41, 5.74) is 0.717.